The minimum absolute atomic E-state index is 0.114. The molecule has 0 radical (unpaired) electrons. The van der Waals surface area contributed by atoms with Gasteiger partial charge in [-0.2, -0.15) is 5.10 Å². The lowest BCUT2D eigenvalue weighted by molar-refractivity contribution is 0.102. The second-order valence-electron chi connectivity index (χ2n) is 7.96. The fraction of sp³-hybridized carbons (Fsp3) is 0.370. The molecule has 3 rings (SSSR count). The summed E-state index contributed by atoms with van der Waals surface area (Å²) >= 11 is 0. The van der Waals surface area contributed by atoms with Crippen molar-refractivity contribution in [1.29, 1.82) is 0 Å². The van der Waals surface area contributed by atoms with Crippen molar-refractivity contribution in [2.75, 3.05) is 30.8 Å². The Morgan fingerprint density at radius 1 is 1.12 bits per heavy atom. The fourth-order valence-corrected chi connectivity index (χ4v) is 3.64. The van der Waals surface area contributed by atoms with Crippen molar-refractivity contribution >= 4 is 24.0 Å². The number of aromatic amines is 1. The molecule has 0 bridgehead atoms. The topological polar surface area (TPSA) is 85.4 Å². The van der Waals surface area contributed by atoms with Crippen molar-refractivity contribution in [1.82, 2.24) is 15.1 Å². The molecule has 0 unspecified atom stereocenters. The van der Waals surface area contributed by atoms with E-state index in [1.165, 1.54) is 12.0 Å². The van der Waals surface area contributed by atoms with Crippen LogP contribution in [0.25, 0.3) is 0 Å². The standard InChI is InChI=1S/C25H33N5O.C2H5N/c1-4-15-30(6-3)18-19-11-13-21(14-12-19)26-16-24-23(17-27-29-24)28-25(31)22-10-8-7-9-20(22)5-2;1-3-2/h7-14,17,26H,4-6,15-16,18H2,1-3H3,(H,27,29)(H,28,31);1H2,2H3. The second kappa shape index (κ2) is 14.6. The third kappa shape index (κ3) is 8.15. The Bertz CT molecular complexity index is 1010. The second-order valence-corrected chi connectivity index (χ2v) is 7.96. The summed E-state index contributed by atoms with van der Waals surface area (Å²) in [5.41, 5.74) is 5.61. The van der Waals surface area contributed by atoms with Gasteiger partial charge in [0.1, 0.15) is 0 Å². The first-order valence-electron chi connectivity index (χ1n) is 11.9. The van der Waals surface area contributed by atoms with Gasteiger partial charge < -0.3 is 15.6 Å². The van der Waals surface area contributed by atoms with E-state index in [2.05, 4.69) is 75.6 Å². The van der Waals surface area contributed by atoms with Crippen LogP contribution in [0.1, 0.15) is 54.4 Å². The third-order valence-electron chi connectivity index (χ3n) is 5.43. The van der Waals surface area contributed by atoms with Crippen LogP contribution >= 0.6 is 0 Å². The summed E-state index contributed by atoms with van der Waals surface area (Å²) in [6.45, 7) is 13.3. The van der Waals surface area contributed by atoms with Crippen molar-refractivity contribution in [3.8, 4) is 0 Å². The van der Waals surface area contributed by atoms with E-state index in [-0.39, 0.29) is 5.91 Å². The van der Waals surface area contributed by atoms with E-state index in [1.807, 2.05) is 31.2 Å². The van der Waals surface area contributed by atoms with Crippen molar-refractivity contribution in [2.45, 2.75) is 46.7 Å². The number of rotatable bonds is 11. The Balaban J connectivity index is 0.00000129. The van der Waals surface area contributed by atoms with Crippen LogP contribution < -0.4 is 10.6 Å². The number of nitrogens with one attached hydrogen (secondary N) is 3. The van der Waals surface area contributed by atoms with E-state index in [0.29, 0.717) is 17.8 Å². The van der Waals surface area contributed by atoms with E-state index >= 15 is 0 Å². The van der Waals surface area contributed by atoms with Gasteiger partial charge in [-0.15, -0.1) is 0 Å². The molecule has 0 saturated carbocycles. The fourth-order valence-electron chi connectivity index (χ4n) is 3.64. The van der Waals surface area contributed by atoms with Gasteiger partial charge in [0.05, 0.1) is 24.1 Å². The molecule has 1 amide bonds. The van der Waals surface area contributed by atoms with Crippen LogP contribution in [0.2, 0.25) is 0 Å². The van der Waals surface area contributed by atoms with Crippen LogP contribution in [0.4, 0.5) is 11.4 Å². The van der Waals surface area contributed by atoms with E-state index in [4.69, 9.17) is 0 Å². The van der Waals surface area contributed by atoms with Crippen molar-refractivity contribution in [3.05, 3.63) is 77.1 Å². The largest absolute Gasteiger partial charge is 0.379 e. The summed E-state index contributed by atoms with van der Waals surface area (Å²) in [5, 5.41) is 13.5. The van der Waals surface area contributed by atoms with Gasteiger partial charge in [0, 0.05) is 24.8 Å². The third-order valence-corrected chi connectivity index (χ3v) is 5.43. The van der Waals surface area contributed by atoms with Crippen LogP contribution in [0.15, 0.2) is 59.7 Å². The number of carbonyl (C=O) groups excluding carboxylic acids is 1. The highest BCUT2D eigenvalue weighted by Crippen LogP contribution is 2.18. The molecule has 0 aliphatic heterocycles. The summed E-state index contributed by atoms with van der Waals surface area (Å²) in [5.74, 6) is -0.114. The molecule has 0 fully saturated rings. The summed E-state index contributed by atoms with van der Waals surface area (Å²) in [6.07, 6.45) is 3.63. The van der Waals surface area contributed by atoms with Gasteiger partial charge in [0.25, 0.3) is 5.91 Å². The molecule has 0 spiro atoms. The van der Waals surface area contributed by atoms with Gasteiger partial charge in [-0.1, -0.05) is 51.1 Å². The van der Waals surface area contributed by atoms with Crippen LogP contribution in [0.3, 0.4) is 0 Å². The molecular formula is C27H38N6O. The molecule has 0 atom stereocenters. The number of nitrogens with zero attached hydrogens (tertiary/aromatic N) is 3. The maximum atomic E-state index is 12.7. The minimum Gasteiger partial charge on any atom is -0.379 e. The van der Waals surface area contributed by atoms with Crippen LogP contribution in [-0.4, -0.2) is 47.9 Å². The highest BCUT2D eigenvalue weighted by molar-refractivity contribution is 6.05. The SMILES string of the molecule is C=NC.CCCN(CC)Cc1ccc(NCc2[nH]ncc2NC(=O)c2ccccc2CC)cc1. The van der Waals surface area contributed by atoms with Crippen molar-refractivity contribution in [3.63, 3.8) is 0 Å². The highest BCUT2D eigenvalue weighted by Gasteiger charge is 2.13. The maximum Gasteiger partial charge on any atom is 0.256 e. The molecule has 7 nitrogen and oxygen atoms in total. The first kappa shape index (κ1) is 26.8. The lowest BCUT2D eigenvalue weighted by atomic mass is 10.0. The molecule has 0 aliphatic carbocycles. The Kier molecular flexibility index (Phi) is 11.5. The number of aromatic nitrogens is 2. The minimum atomic E-state index is -0.114. The number of aryl methyl sites for hydroxylation is 1. The van der Waals surface area contributed by atoms with Gasteiger partial charge >= 0.3 is 0 Å². The smallest absolute Gasteiger partial charge is 0.256 e. The first-order valence-corrected chi connectivity index (χ1v) is 11.9. The molecule has 0 saturated heterocycles. The molecule has 0 aliphatic rings. The monoisotopic (exact) mass is 462 g/mol. The summed E-state index contributed by atoms with van der Waals surface area (Å²) < 4.78 is 0. The van der Waals surface area contributed by atoms with Gasteiger partial charge in [-0.05, 0) is 62.0 Å². The van der Waals surface area contributed by atoms with Crippen LogP contribution in [-0.2, 0) is 19.5 Å². The maximum absolute atomic E-state index is 12.7. The Morgan fingerprint density at radius 3 is 2.47 bits per heavy atom. The molecule has 7 heteroatoms. The quantitative estimate of drug-likeness (QED) is 0.334. The molecule has 1 aromatic heterocycles. The lowest BCUT2D eigenvalue weighted by Gasteiger charge is -2.19. The predicted molar refractivity (Wildman–Crippen MR) is 143 cm³/mol. The van der Waals surface area contributed by atoms with E-state index in [1.54, 1.807) is 13.2 Å². The van der Waals surface area contributed by atoms with E-state index in [0.717, 1.165) is 43.0 Å². The average Bonchev–Trinajstić information content (AvgIpc) is 3.30. The van der Waals surface area contributed by atoms with Crippen LogP contribution in [0, 0.1) is 0 Å². The molecule has 2 aromatic carbocycles. The van der Waals surface area contributed by atoms with Crippen LogP contribution in [0.5, 0.6) is 0 Å². The van der Waals surface area contributed by atoms with E-state index < -0.39 is 0 Å². The number of carbonyl (C=O) groups is 1. The zero-order valence-corrected chi connectivity index (χ0v) is 20.9. The Hall–Kier alpha value is -3.45. The summed E-state index contributed by atoms with van der Waals surface area (Å²) in [4.78, 5) is 18.4. The van der Waals surface area contributed by atoms with Crippen molar-refractivity contribution < 1.29 is 4.79 Å². The Morgan fingerprint density at radius 2 is 1.82 bits per heavy atom. The lowest BCUT2D eigenvalue weighted by Crippen LogP contribution is -2.23. The number of anilines is 2. The molecular weight excluding hydrogens is 424 g/mol. The van der Waals surface area contributed by atoms with Gasteiger partial charge in [-0.25, -0.2) is 0 Å². The molecule has 3 N–H and O–H groups in total. The Labute approximate surface area is 203 Å². The number of hydrogen-bond donors (Lipinski definition) is 3. The van der Waals surface area contributed by atoms with Gasteiger partial charge in [0.2, 0.25) is 0 Å². The number of amides is 1. The summed E-state index contributed by atoms with van der Waals surface area (Å²) in [7, 11) is 1.64. The average molecular weight is 463 g/mol. The molecule has 1 heterocycles. The highest BCUT2D eigenvalue weighted by atomic mass is 16.1. The zero-order chi connectivity index (χ0) is 24.8. The summed E-state index contributed by atoms with van der Waals surface area (Å²) in [6, 6.07) is 16.2. The van der Waals surface area contributed by atoms with Gasteiger partial charge in [0.15, 0.2) is 0 Å². The molecule has 3 aromatic rings. The number of hydrogen-bond acceptors (Lipinski definition) is 5. The van der Waals surface area contributed by atoms with E-state index in [9.17, 15) is 4.79 Å². The number of aliphatic imine (C=N–C) groups is 1. The van der Waals surface area contributed by atoms with Gasteiger partial charge in [-0.3, -0.25) is 14.8 Å². The number of benzene rings is 2. The van der Waals surface area contributed by atoms with Crippen molar-refractivity contribution in [2.24, 2.45) is 4.99 Å². The normalized spacial score (nSPS) is 10.4. The number of H-pyrrole nitrogens is 1. The first-order chi connectivity index (χ1) is 16.6. The predicted octanol–water partition coefficient (Wildman–Crippen LogP) is 5.39. The molecule has 182 valence electrons. The molecule has 34 heavy (non-hydrogen) atoms. The zero-order valence-electron chi connectivity index (χ0n) is 20.9.